The maximum Gasteiger partial charge on any atom is -0.00928 e. The molecular formula is C18H18. The van der Waals surface area contributed by atoms with Gasteiger partial charge < -0.3 is 0 Å². The van der Waals surface area contributed by atoms with Crippen molar-refractivity contribution in [1.29, 1.82) is 0 Å². The van der Waals surface area contributed by atoms with Crippen molar-refractivity contribution in [2.75, 3.05) is 0 Å². The third-order valence-corrected chi connectivity index (χ3v) is 4.74. The Hall–Kier alpha value is -1.56. The average molecular weight is 234 g/mol. The minimum atomic E-state index is 0.762. The van der Waals surface area contributed by atoms with Gasteiger partial charge in [0.2, 0.25) is 0 Å². The third kappa shape index (κ3) is 1.59. The molecule has 18 heavy (non-hydrogen) atoms. The van der Waals surface area contributed by atoms with Crippen molar-refractivity contribution < 1.29 is 0 Å². The molecule has 2 aromatic carbocycles. The number of aryl methyl sites for hydroxylation is 2. The number of rotatable bonds is 0. The molecule has 0 radical (unpaired) electrons. The molecule has 4 bridgehead atoms. The zero-order valence-corrected chi connectivity index (χ0v) is 10.6. The molecule has 90 valence electrons. The second-order valence-electron chi connectivity index (χ2n) is 5.78. The summed E-state index contributed by atoms with van der Waals surface area (Å²) in [6.45, 7) is 0. The normalized spacial score (nSPS) is 24.9. The molecule has 0 amide bonds. The van der Waals surface area contributed by atoms with Crippen LogP contribution in [-0.2, 0) is 12.8 Å². The molecule has 1 fully saturated rings. The SMILES string of the molecule is c1cc2cc(c1)[C@H]1CC[C@H]1c1cccc(c1)CC2. The van der Waals surface area contributed by atoms with Gasteiger partial charge in [0.15, 0.2) is 0 Å². The van der Waals surface area contributed by atoms with Crippen LogP contribution in [0.2, 0.25) is 0 Å². The predicted molar refractivity (Wildman–Crippen MR) is 75.0 cm³/mol. The van der Waals surface area contributed by atoms with Gasteiger partial charge in [0.05, 0.1) is 0 Å². The predicted octanol–water partition coefficient (Wildman–Crippen LogP) is 4.45. The van der Waals surface area contributed by atoms with Crippen LogP contribution in [0.3, 0.4) is 0 Å². The smallest absolute Gasteiger partial charge is 0.00928 e. The molecule has 0 spiro atoms. The lowest BCUT2D eigenvalue weighted by Crippen LogP contribution is -2.22. The van der Waals surface area contributed by atoms with E-state index in [4.69, 9.17) is 0 Å². The van der Waals surface area contributed by atoms with E-state index >= 15 is 0 Å². The Kier molecular flexibility index (Phi) is 2.29. The summed E-state index contributed by atoms with van der Waals surface area (Å²) in [5.74, 6) is 1.52. The van der Waals surface area contributed by atoms with Crippen LogP contribution in [0.25, 0.3) is 0 Å². The minimum Gasteiger partial charge on any atom is -0.0617 e. The molecule has 1 saturated carbocycles. The monoisotopic (exact) mass is 234 g/mol. The molecule has 2 aliphatic carbocycles. The van der Waals surface area contributed by atoms with E-state index in [1.165, 1.54) is 36.8 Å². The molecular weight excluding hydrogens is 216 g/mol. The highest BCUT2D eigenvalue weighted by atomic mass is 14.4. The van der Waals surface area contributed by atoms with Crippen LogP contribution in [0.15, 0.2) is 48.5 Å². The molecule has 0 heteroatoms. The molecule has 0 aliphatic heterocycles. The zero-order valence-electron chi connectivity index (χ0n) is 10.6. The van der Waals surface area contributed by atoms with Crippen molar-refractivity contribution in [2.45, 2.75) is 37.5 Å². The third-order valence-electron chi connectivity index (χ3n) is 4.74. The van der Waals surface area contributed by atoms with Crippen molar-refractivity contribution >= 4 is 0 Å². The minimum absolute atomic E-state index is 0.762. The van der Waals surface area contributed by atoms with E-state index in [0.29, 0.717) is 0 Å². The average Bonchev–Trinajstić information content (AvgIpc) is 2.35. The van der Waals surface area contributed by atoms with E-state index in [1.54, 1.807) is 11.1 Å². The van der Waals surface area contributed by atoms with E-state index in [0.717, 1.165) is 11.8 Å². The maximum absolute atomic E-state index is 2.45. The maximum atomic E-state index is 2.45. The second-order valence-corrected chi connectivity index (χ2v) is 5.78. The van der Waals surface area contributed by atoms with E-state index in [1.807, 2.05) is 0 Å². The summed E-state index contributed by atoms with van der Waals surface area (Å²) < 4.78 is 0. The summed E-state index contributed by atoms with van der Waals surface area (Å²) in [6.07, 6.45) is 5.07. The first-order valence-electron chi connectivity index (χ1n) is 7.08. The highest BCUT2D eigenvalue weighted by Gasteiger charge is 2.33. The molecule has 2 aliphatic rings. The Labute approximate surface area is 109 Å². The molecule has 0 heterocycles. The van der Waals surface area contributed by atoms with E-state index in [-0.39, 0.29) is 0 Å². The number of hydrogen-bond acceptors (Lipinski definition) is 0. The molecule has 2 atom stereocenters. The molecule has 0 saturated heterocycles. The van der Waals surface area contributed by atoms with Gasteiger partial charge in [0, 0.05) is 0 Å². The zero-order chi connectivity index (χ0) is 11.9. The molecule has 4 rings (SSSR count). The van der Waals surface area contributed by atoms with Crippen LogP contribution in [-0.4, -0.2) is 0 Å². The van der Waals surface area contributed by atoms with Crippen molar-refractivity contribution in [1.82, 2.24) is 0 Å². The van der Waals surface area contributed by atoms with Gasteiger partial charge in [-0.1, -0.05) is 48.5 Å². The molecule has 0 N–H and O–H groups in total. The summed E-state index contributed by atoms with van der Waals surface area (Å²) in [7, 11) is 0. The van der Waals surface area contributed by atoms with Crippen LogP contribution >= 0.6 is 0 Å². The van der Waals surface area contributed by atoms with Gasteiger partial charge in [-0.05, 0) is 59.8 Å². The van der Waals surface area contributed by atoms with Crippen molar-refractivity contribution in [3.63, 3.8) is 0 Å². The first kappa shape index (κ1) is 10.4. The standard InChI is InChI=1S/C18H18/c1-3-13-7-8-14-4-2-6-16(12-14)18-10-9-17(18)15(5-1)11-13/h1-6,11-12,17-18H,7-10H2/t17-,18+. The van der Waals surface area contributed by atoms with Crippen LogP contribution < -0.4 is 0 Å². The highest BCUT2D eigenvalue weighted by Crippen LogP contribution is 2.49. The summed E-state index contributed by atoms with van der Waals surface area (Å²) in [6, 6.07) is 18.6. The first-order valence-corrected chi connectivity index (χ1v) is 7.08. The van der Waals surface area contributed by atoms with Crippen molar-refractivity contribution in [3.8, 4) is 0 Å². The van der Waals surface area contributed by atoms with Crippen molar-refractivity contribution in [3.05, 3.63) is 70.8 Å². The summed E-state index contributed by atoms with van der Waals surface area (Å²) in [4.78, 5) is 0. The van der Waals surface area contributed by atoms with Crippen LogP contribution in [0.5, 0.6) is 0 Å². The van der Waals surface area contributed by atoms with E-state index in [9.17, 15) is 0 Å². The van der Waals surface area contributed by atoms with Gasteiger partial charge in [0.1, 0.15) is 0 Å². The van der Waals surface area contributed by atoms with Gasteiger partial charge in [-0.3, -0.25) is 0 Å². The first-order chi connectivity index (χ1) is 8.90. The molecule has 0 unspecified atom stereocenters. The fraction of sp³-hybridized carbons (Fsp3) is 0.333. The van der Waals surface area contributed by atoms with E-state index in [2.05, 4.69) is 48.5 Å². The van der Waals surface area contributed by atoms with Crippen LogP contribution in [0.4, 0.5) is 0 Å². The van der Waals surface area contributed by atoms with Crippen molar-refractivity contribution in [2.24, 2.45) is 0 Å². The molecule has 0 nitrogen and oxygen atoms in total. The van der Waals surface area contributed by atoms with Crippen LogP contribution in [0.1, 0.15) is 46.9 Å². The lowest BCUT2D eigenvalue weighted by atomic mass is 9.66. The Morgan fingerprint density at radius 1 is 0.667 bits per heavy atom. The molecule has 2 aromatic rings. The largest absolute Gasteiger partial charge is 0.0617 e. The molecule has 0 aromatic heterocycles. The summed E-state index contributed by atoms with van der Waals surface area (Å²) in [5.41, 5.74) is 6.14. The lowest BCUT2D eigenvalue weighted by Gasteiger charge is -2.38. The van der Waals surface area contributed by atoms with Gasteiger partial charge >= 0.3 is 0 Å². The van der Waals surface area contributed by atoms with Gasteiger partial charge in [0.25, 0.3) is 0 Å². The number of hydrogen-bond donors (Lipinski definition) is 0. The lowest BCUT2D eigenvalue weighted by molar-refractivity contribution is 0.346. The summed E-state index contributed by atoms with van der Waals surface area (Å²) in [5, 5.41) is 0. The number of fused-ring (bicyclic) bond motifs is 7. The van der Waals surface area contributed by atoms with Crippen LogP contribution in [0, 0.1) is 0 Å². The Balaban J connectivity index is 1.84. The Bertz CT molecular complexity index is 529. The Morgan fingerprint density at radius 2 is 1.17 bits per heavy atom. The Morgan fingerprint density at radius 3 is 1.61 bits per heavy atom. The van der Waals surface area contributed by atoms with Gasteiger partial charge in [-0.2, -0.15) is 0 Å². The number of benzene rings is 2. The highest BCUT2D eigenvalue weighted by molar-refractivity contribution is 5.37. The summed E-state index contributed by atoms with van der Waals surface area (Å²) >= 11 is 0. The van der Waals surface area contributed by atoms with E-state index < -0.39 is 0 Å². The topological polar surface area (TPSA) is 0 Å². The fourth-order valence-electron chi connectivity index (χ4n) is 3.55. The van der Waals surface area contributed by atoms with Gasteiger partial charge in [-0.25, -0.2) is 0 Å². The quantitative estimate of drug-likeness (QED) is 0.632. The second kappa shape index (κ2) is 3.98. The van der Waals surface area contributed by atoms with Gasteiger partial charge in [-0.15, -0.1) is 0 Å². The fourth-order valence-corrected chi connectivity index (χ4v) is 3.55.